The lowest BCUT2D eigenvalue weighted by Crippen LogP contribution is -2.44. The molecule has 2 rings (SSSR count). The third kappa shape index (κ3) is 3.97. The SMILES string of the molecule is CCCC(CC)(Oc1c([N+](=O)[O-])cnn1-c1ccc(Cl)c(Cl)c1Cl)C(=O)O. The molecule has 0 fully saturated rings. The number of hydrogen-bond acceptors (Lipinski definition) is 5. The monoisotopic (exact) mass is 435 g/mol. The van der Waals surface area contributed by atoms with Gasteiger partial charge in [0, 0.05) is 0 Å². The van der Waals surface area contributed by atoms with Crippen LogP contribution < -0.4 is 4.74 Å². The van der Waals surface area contributed by atoms with E-state index in [1.165, 1.54) is 12.1 Å². The van der Waals surface area contributed by atoms with Crippen molar-refractivity contribution < 1.29 is 19.6 Å². The van der Waals surface area contributed by atoms with Gasteiger partial charge in [-0.2, -0.15) is 9.78 Å². The summed E-state index contributed by atoms with van der Waals surface area (Å²) in [5.41, 5.74) is -1.98. The zero-order valence-corrected chi connectivity index (χ0v) is 16.7. The predicted octanol–water partition coefficient (Wildman–Crippen LogP) is 5.15. The van der Waals surface area contributed by atoms with Crippen LogP contribution in [-0.2, 0) is 4.79 Å². The van der Waals surface area contributed by atoms with Gasteiger partial charge < -0.3 is 9.84 Å². The first-order valence-electron chi connectivity index (χ1n) is 7.97. The van der Waals surface area contributed by atoms with Gasteiger partial charge in [-0.25, -0.2) is 4.79 Å². The number of halogens is 3. The second-order valence-corrected chi connectivity index (χ2v) is 6.87. The van der Waals surface area contributed by atoms with E-state index >= 15 is 0 Å². The molecule has 1 aromatic heterocycles. The van der Waals surface area contributed by atoms with E-state index in [1.54, 1.807) is 13.8 Å². The number of benzene rings is 1. The summed E-state index contributed by atoms with van der Waals surface area (Å²) >= 11 is 18.2. The Labute approximate surface area is 169 Å². The third-order valence-electron chi connectivity index (χ3n) is 4.05. The summed E-state index contributed by atoms with van der Waals surface area (Å²) in [6, 6.07) is 2.90. The molecule has 1 heterocycles. The largest absolute Gasteiger partial charge is 0.478 e. The highest BCUT2D eigenvalue weighted by Crippen LogP contribution is 2.40. The van der Waals surface area contributed by atoms with E-state index < -0.39 is 22.2 Å². The smallest absolute Gasteiger partial charge is 0.350 e. The Balaban J connectivity index is 2.69. The first kappa shape index (κ1) is 21.3. The normalized spacial score (nSPS) is 13.2. The van der Waals surface area contributed by atoms with Crippen molar-refractivity contribution in [1.29, 1.82) is 0 Å². The molecule has 11 heteroatoms. The molecule has 0 saturated carbocycles. The predicted molar refractivity (Wildman–Crippen MR) is 101 cm³/mol. The second-order valence-electron chi connectivity index (χ2n) is 5.70. The molecule has 1 unspecified atom stereocenters. The van der Waals surface area contributed by atoms with Crippen LogP contribution in [0.2, 0.25) is 15.1 Å². The molecule has 0 aliphatic carbocycles. The third-order valence-corrected chi connectivity index (χ3v) is 5.34. The summed E-state index contributed by atoms with van der Waals surface area (Å²) in [5, 5.41) is 25.3. The van der Waals surface area contributed by atoms with Crippen LogP contribution in [0.15, 0.2) is 18.3 Å². The van der Waals surface area contributed by atoms with Gasteiger partial charge in [0.25, 0.3) is 5.88 Å². The lowest BCUT2D eigenvalue weighted by molar-refractivity contribution is -0.386. The van der Waals surface area contributed by atoms with E-state index in [-0.39, 0.29) is 39.5 Å². The number of carboxylic acid groups (broad SMARTS) is 1. The average Bonchev–Trinajstić information content (AvgIpc) is 3.02. The maximum atomic E-state index is 11.9. The molecule has 1 aromatic carbocycles. The Morgan fingerprint density at radius 3 is 2.52 bits per heavy atom. The van der Waals surface area contributed by atoms with E-state index in [2.05, 4.69) is 5.10 Å². The quantitative estimate of drug-likeness (QED) is 0.348. The number of rotatable bonds is 8. The lowest BCUT2D eigenvalue weighted by Gasteiger charge is -2.28. The highest BCUT2D eigenvalue weighted by atomic mass is 35.5. The Hall–Kier alpha value is -2.03. The zero-order chi connectivity index (χ0) is 20.4. The minimum Gasteiger partial charge on any atom is -0.478 e. The number of carboxylic acids is 1. The molecular formula is C16H16Cl3N3O5. The van der Waals surface area contributed by atoms with Crippen LogP contribution >= 0.6 is 34.8 Å². The van der Waals surface area contributed by atoms with Crippen LogP contribution in [-0.4, -0.2) is 31.4 Å². The number of aliphatic carboxylic acids is 1. The molecule has 2 aromatic rings. The fourth-order valence-corrected chi connectivity index (χ4v) is 3.20. The number of ether oxygens (including phenoxy) is 1. The van der Waals surface area contributed by atoms with Gasteiger partial charge >= 0.3 is 11.7 Å². The summed E-state index contributed by atoms with van der Waals surface area (Å²) in [7, 11) is 0. The van der Waals surface area contributed by atoms with Crippen molar-refractivity contribution in [2.24, 2.45) is 0 Å². The van der Waals surface area contributed by atoms with Crippen molar-refractivity contribution in [2.75, 3.05) is 0 Å². The molecule has 0 aliphatic heterocycles. The zero-order valence-electron chi connectivity index (χ0n) is 14.4. The molecule has 0 bridgehead atoms. The van der Waals surface area contributed by atoms with Gasteiger partial charge in [0.05, 0.1) is 25.7 Å². The lowest BCUT2D eigenvalue weighted by atomic mass is 9.95. The molecule has 146 valence electrons. The topological polar surface area (TPSA) is 107 Å². The summed E-state index contributed by atoms with van der Waals surface area (Å²) in [4.78, 5) is 22.6. The minimum absolute atomic E-state index is 0.0000652. The first-order chi connectivity index (χ1) is 12.7. The van der Waals surface area contributed by atoms with E-state index in [0.29, 0.717) is 6.42 Å². The summed E-state index contributed by atoms with van der Waals surface area (Å²) < 4.78 is 6.77. The average molecular weight is 437 g/mol. The number of aromatic nitrogens is 2. The van der Waals surface area contributed by atoms with Crippen LogP contribution in [0.3, 0.4) is 0 Å². The number of nitrogens with zero attached hydrogens (tertiary/aromatic N) is 3. The fourth-order valence-electron chi connectivity index (χ4n) is 2.59. The number of carbonyl (C=O) groups is 1. The van der Waals surface area contributed by atoms with Crippen molar-refractivity contribution >= 4 is 46.5 Å². The van der Waals surface area contributed by atoms with Gasteiger partial charge in [0.15, 0.2) is 0 Å². The first-order valence-corrected chi connectivity index (χ1v) is 9.10. The number of nitro groups is 1. The molecule has 8 nitrogen and oxygen atoms in total. The second kappa shape index (κ2) is 8.33. The van der Waals surface area contributed by atoms with Crippen molar-refractivity contribution in [1.82, 2.24) is 9.78 Å². The van der Waals surface area contributed by atoms with Crippen LogP contribution in [0.5, 0.6) is 5.88 Å². The molecule has 27 heavy (non-hydrogen) atoms. The maximum Gasteiger partial charge on any atom is 0.350 e. The molecule has 0 radical (unpaired) electrons. The standard InChI is InChI=1S/C16H16Cl3N3O5/c1-3-7-16(4-2,15(23)24)27-14-11(22(25)26)8-20-21(14)10-6-5-9(17)12(18)13(10)19/h5-6,8H,3-4,7H2,1-2H3,(H,23,24). The van der Waals surface area contributed by atoms with Gasteiger partial charge in [-0.15, -0.1) is 0 Å². The van der Waals surface area contributed by atoms with Crippen LogP contribution in [0.1, 0.15) is 33.1 Å². The van der Waals surface area contributed by atoms with E-state index in [0.717, 1.165) is 10.9 Å². The molecule has 1 N–H and O–H groups in total. The maximum absolute atomic E-state index is 11.9. The van der Waals surface area contributed by atoms with Crippen molar-refractivity contribution in [3.63, 3.8) is 0 Å². The van der Waals surface area contributed by atoms with Gasteiger partial charge in [-0.3, -0.25) is 10.1 Å². The van der Waals surface area contributed by atoms with Gasteiger partial charge in [-0.1, -0.05) is 55.1 Å². The van der Waals surface area contributed by atoms with Crippen LogP contribution in [0, 0.1) is 10.1 Å². The highest BCUT2D eigenvalue weighted by molar-refractivity contribution is 6.48. The molecule has 0 spiro atoms. The Kier molecular flexibility index (Phi) is 6.56. The Bertz CT molecular complexity index is 886. The molecule has 1 atom stereocenters. The van der Waals surface area contributed by atoms with Gasteiger partial charge in [0.2, 0.25) is 5.60 Å². The van der Waals surface area contributed by atoms with Crippen molar-refractivity contribution in [2.45, 2.75) is 38.7 Å². The van der Waals surface area contributed by atoms with Crippen LogP contribution in [0.4, 0.5) is 5.69 Å². The molecular weight excluding hydrogens is 421 g/mol. The highest BCUT2D eigenvalue weighted by Gasteiger charge is 2.42. The van der Waals surface area contributed by atoms with E-state index in [1.807, 2.05) is 0 Å². The van der Waals surface area contributed by atoms with Crippen molar-refractivity contribution in [3.05, 3.63) is 43.5 Å². The summed E-state index contributed by atoms with van der Waals surface area (Å²) in [6.45, 7) is 3.42. The molecule has 0 saturated heterocycles. The van der Waals surface area contributed by atoms with Crippen LogP contribution in [0.25, 0.3) is 5.69 Å². The molecule has 0 aliphatic rings. The summed E-state index contributed by atoms with van der Waals surface area (Å²) in [6.07, 6.45) is 1.70. The molecule has 0 amide bonds. The van der Waals surface area contributed by atoms with Gasteiger partial charge in [-0.05, 0) is 25.0 Å². The van der Waals surface area contributed by atoms with E-state index in [4.69, 9.17) is 39.5 Å². The van der Waals surface area contributed by atoms with Crippen molar-refractivity contribution in [3.8, 4) is 11.6 Å². The Morgan fingerprint density at radius 2 is 2.00 bits per heavy atom. The minimum atomic E-state index is -1.65. The summed E-state index contributed by atoms with van der Waals surface area (Å²) in [5.74, 6) is -1.58. The Morgan fingerprint density at radius 1 is 1.33 bits per heavy atom. The van der Waals surface area contributed by atoms with E-state index in [9.17, 15) is 20.0 Å². The van der Waals surface area contributed by atoms with Gasteiger partial charge in [0.1, 0.15) is 6.20 Å². The fraction of sp³-hybridized carbons (Fsp3) is 0.375. The number of hydrogen-bond donors (Lipinski definition) is 1.